The van der Waals surface area contributed by atoms with E-state index < -0.39 is 0 Å². The second-order valence-corrected chi connectivity index (χ2v) is 7.70. The Hall–Kier alpha value is -2.86. The van der Waals surface area contributed by atoms with Crippen LogP contribution in [0, 0.1) is 6.92 Å². The molecule has 0 spiro atoms. The van der Waals surface area contributed by atoms with E-state index in [9.17, 15) is 4.79 Å². The summed E-state index contributed by atoms with van der Waals surface area (Å²) in [5.74, 6) is 1.00. The van der Waals surface area contributed by atoms with E-state index in [1.807, 2.05) is 24.3 Å². The topological polar surface area (TPSA) is 60.0 Å². The van der Waals surface area contributed by atoms with Crippen LogP contribution in [0.3, 0.4) is 0 Å². The standard InChI is InChI=1S/C23H29N5O/c1-18-2-8-21(9-3-18)28-16-14-27(15-17-28)13-10-22(29)19-4-6-20(7-5-19)26-23-24-11-12-25-23/h2-9H,10-17H2,1H3,(H2,24,25,26). The second kappa shape index (κ2) is 9.09. The van der Waals surface area contributed by atoms with Crippen LogP contribution in [0.2, 0.25) is 0 Å². The molecule has 2 heterocycles. The van der Waals surface area contributed by atoms with Crippen molar-refractivity contribution in [3.63, 3.8) is 0 Å². The monoisotopic (exact) mass is 391 g/mol. The molecule has 6 nitrogen and oxygen atoms in total. The average Bonchev–Trinajstić information content (AvgIpc) is 3.27. The fourth-order valence-corrected chi connectivity index (χ4v) is 3.75. The van der Waals surface area contributed by atoms with Crippen LogP contribution in [0.1, 0.15) is 22.3 Å². The van der Waals surface area contributed by atoms with Gasteiger partial charge < -0.3 is 15.5 Å². The van der Waals surface area contributed by atoms with Crippen molar-refractivity contribution in [1.82, 2.24) is 10.2 Å². The molecule has 0 bridgehead atoms. The van der Waals surface area contributed by atoms with Crippen LogP contribution in [-0.2, 0) is 0 Å². The van der Waals surface area contributed by atoms with Gasteiger partial charge in [0.2, 0.25) is 0 Å². The number of rotatable bonds is 6. The van der Waals surface area contributed by atoms with Crippen molar-refractivity contribution in [2.24, 2.45) is 4.99 Å². The molecule has 2 N–H and O–H groups in total. The van der Waals surface area contributed by atoms with Crippen LogP contribution in [0.15, 0.2) is 53.5 Å². The molecule has 29 heavy (non-hydrogen) atoms. The van der Waals surface area contributed by atoms with Gasteiger partial charge in [0.15, 0.2) is 11.7 Å². The second-order valence-electron chi connectivity index (χ2n) is 7.70. The number of carbonyl (C=O) groups is 1. The first kappa shape index (κ1) is 19.5. The molecule has 0 unspecified atom stereocenters. The van der Waals surface area contributed by atoms with Gasteiger partial charge in [-0.25, -0.2) is 0 Å². The highest BCUT2D eigenvalue weighted by atomic mass is 16.1. The highest BCUT2D eigenvalue weighted by molar-refractivity contribution is 5.98. The molecule has 2 aliphatic rings. The third-order valence-electron chi connectivity index (χ3n) is 5.57. The molecule has 1 saturated heterocycles. The summed E-state index contributed by atoms with van der Waals surface area (Å²) in [6.45, 7) is 8.63. The summed E-state index contributed by atoms with van der Waals surface area (Å²) < 4.78 is 0. The van der Waals surface area contributed by atoms with Crippen LogP contribution in [0.4, 0.5) is 11.4 Å². The Morgan fingerprint density at radius 3 is 2.41 bits per heavy atom. The van der Waals surface area contributed by atoms with Crippen LogP contribution >= 0.6 is 0 Å². The average molecular weight is 392 g/mol. The quantitative estimate of drug-likeness (QED) is 0.742. The third kappa shape index (κ3) is 5.15. The Morgan fingerprint density at radius 2 is 1.76 bits per heavy atom. The molecule has 0 radical (unpaired) electrons. The van der Waals surface area contributed by atoms with Crippen molar-refractivity contribution in [1.29, 1.82) is 0 Å². The van der Waals surface area contributed by atoms with Gasteiger partial charge >= 0.3 is 0 Å². The summed E-state index contributed by atoms with van der Waals surface area (Å²) in [7, 11) is 0. The van der Waals surface area contributed by atoms with Gasteiger partial charge in [0, 0.05) is 62.6 Å². The molecule has 1 fully saturated rings. The van der Waals surface area contributed by atoms with Gasteiger partial charge in [-0.2, -0.15) is 0 Å². The van der Waals surface area contributed by atoms with Crippen molar-refractivity contribution in [3.05, 3.63) is 59.7 Å². The van der Waals surface area contributed by atoms with Gasteiger partial charge in [-0.3, -0.25) is 14.7 Å². The number of hydrogen-bond donors (Lipinski definition) is 2. The van der Waals surface area contributed by atoms with Gasteiger partial charge in [0.25, 0.3) is 0 Å². The third-order valence-corrected chi connectivity index (χ3v) is 5.57. The Labute approximate surface area is 172 Å². The maximum Gasteiger partial charge on any atom is 0.195 e. The van der Waals surface area contributed by atoms with E-state index >= 15 is 0 Å². The lowest BCUT2D eigenvalue weighted by Gasteiger charge is -2.36. The molecular formula is C23H29N5O. The van der Waals surface area contributed by atoms with Crippen molar-refractivity contribution in [3.8, 4) is 0 Å². The zero-order valence-corrected chi connectivity index (χ0v) is 17.0. The van der Waals surface area contributed by atoms with Crippen LogP contribution in [0.5, 0.6) is 0 Å². The van der Waals surface area contributed by atoms with Crippen LogP contribution in [-0.4, -0.2) is 62.5 Å². The van der Waals surface area contributed by atoms with Crippen molar-refractivity contribution < 1.29 is 4.79 Å². The molecule has 0 atom stereocenters. The van der Waals surface area contributed by atoms with Crippen molar-refractivity contribution in [2.45, 2.75) is 13.3 Å². The number of aliphatic imine (C=N–C) groups is 1. The van der Waals surface area contributed by atoms with Crippen molar-refractivity contribution >= 4 is 23.1 Å². The highest BCUT2D eigenvalue weighted by Gasteiger charge is 2.18. The molecule has 0 aliphatic carbocycles. The number of hydrogen-bond acceptors (Lipinski definition) is 6. The molecule has 6 heteroatoms. The van der Waals surface area contributed by atoms with Gasteiger partial charge in [-0.1, -0.05) is 17.7 Å². The zero-order chi connectivity index (χ0) is 20.1. The van der Waals surface area contributed by atoms with Gasteiger partial charge in [-0.15, -0.1) is 0 Å². The molecule has 2 aliphatic heterocycles. The molecular weight excluding hydrogens is 362 g/mol. The zero-order valence-electron chi connectivity index (χ0n) is 17.0. The Bertz CT molecular complexity index is 852. The summed E-state index contributed by atoms with van der Waals surface area (Å²) >= 11 is 0. The SMILES string of the molecule is Cc1ccc(N2CCN(CCC(=O)c3ccc(NC4=NCCN4)cc3)CC2)cc1. The molecule has 0 amide bonds. The first-order valence-electron chi connectivity index (χ1n) is 10.4. The number of nitrogens with one attached hydrogen (secondary N) is 2. The summed E-state index contributed by atoms with van der Waals surface area (Å²) in [6.07, 6.45) is 0.561. The number of Topliss-reactive ketones (excluding diaryl/α,β-unsaturated/α-hetero) is 1. The minimum Gasteiger partial charge on any atom is -0.369 e. The molecule has 4 rings (SSSR count). The first-order valence-corrected chi connectivity index (χ1v) is 10.4. The maximum absolute atomic E-state index is 12.6. The number of benzene rings is 2. The fraction of sp³-hybridized carbons (Fsp3) is 0.391. The predicted molar refractivity (Wildman–Crippen MR) is 119 cm³/mol. The van der Waals surface area contributed by atoms with Crippen LogP contribution < -0.4 is 15.5 Å². The Morgan fingerprint density at radius 1 is 1.03 bits per heavy atom. The number of ketones is 1. The van der Waals surface area contributed by atoms with E-state index in [1.54, 1.807) is 0 Å². The van der Waals surface area contributed by atoms with E-state index in [0.29, 0.717) is 6.42 Å². The van der Waals surface area contributed by atoms with E-state index in [0.717, 1.165) is 63.0 Å². The first-order chi connectivity index (χ1) is 14.2. The van der Waals surface area contributed by atoms with Gasteiger partial charge in [0.1, 0.15) is 0 Å². The van der Waals surface area contributed by atoms with E-state index in [1.165, 1.54) is 11.3 Å². The normalized spacial score (nSPS) is 17.0. The molecule has 0 saturated carbocycles. The molecule has 2 aromatic rings. The smallest absolute Gasteiger partial charge is 0.195 e. The highest BCUT2D eigenvalue weighted by Crippen LogP contribution is 2.18. The number of aryl methyl sites for hydroxylation is 1. The number of nitrogens with zero attached hydrogens (tertiary/aromatic N) is 3. The number of carbonyl (C=O) groups excluding carboxylic acids is 1. The lowest BCUT2D eigenvalue weighted by atomic mass is 10.1. The van der Waals surface area contributed by atoms with Gasteiger partial charge in [0.05, 0.1) is 6.54 Å². The van der Waals surface area contributed by atoms with Crippen LogP contribution in [0.25, 0.3) is 0 Å². The van der Waals surface area contributed by atoms with E-state index in [4.69, 9.17) is 0 Å². The lowest BCUT2D eigenvalue weighted by molar-refractivity contribution is 0.0962. The summed E-state index contributed by atoms with van der Waals surface area (Å²) in [5, 5.41) is 6.40. The fourth-order valence-electron chi connectivity index (χ4n) is 3.75. The Balaban J connectivity index is 1.22. The van der Waals surface area contributed by atoms with Gasteiger partial charge in [-0.05, 0) is 43.3 Å². The number of guanidine groups is 1. The molecule has 152 valence electrons. The minimum absolute atomic E-state index is 0.203. The minimum atomic E-state index is 0.203. The Kier molecular flexibility index (Phi) is 6.10. The summed E-state index contributed by atoms with van der Waals surface area (Å²) in [6, 6.07) is 16.4. The molecule has 2 aromatic carbocycles. The van der Waals surface area contributed by atoms with E-state index in [-0.39, 0.29) is 5.78 Å². The predicted octanol–water partition coefficient (Wildman–Crippen LogP) is 2.76. The van der Waals surface area contributed by atoms with Crippen molar-refractivity contribution in [2.75, 3.05) is 56.0 Å². The van der Waals surface area contributed by atoms with E-state index in [2.05, 4.69) is 56.6 Å². The summed E-state index contributed by atoms with van der Waals surface area (Å²) in [4.78, 5) is 21.7. The number of anilines is 2. The largest absolute Gasteiger partial charge is 0.369 e. The number of piperazine rings is 1. The lowest BCUT2D eigenvalue weighted by Crippen LogP contribution is -2.46. The molecule has 0 aromatic heterocycles. The summed E-state index contributed by atoms with van der Waals surface area (Å²) in [5.41, 5.74) is 4.30. The maximum atomic E-state index is 12.6.